The molecule has 0 atom stereocenters. The molecule has 28 heavy (non-hydrogen) atoms. The van der Waals surface area contributed by atoms with Crippen molar-refractivity contribution >= 4 is 23.5 Å². The molecule has 3 N–H and O–H groups in total. The highest BCUT2D eigenvalue weighted by Gasteiger charge is 2.25. The number of nitrogens with one attached hydrogen (secondary N) is 3. The lowest BCUT2D eigenvalue weighted by atomic mass is 9.83. The van der Waals surface area contributed by atoms with Crippen molar-refractivity contribution in [2.45, 2.75) is 71.3 Å². The van der Waals surface area contributed by atoms with Crippen molar-refractivity contribution in [3.05, 3.63) is 0 Å². The first-order chi connectivity index (χ1) is 13.5. The zero-order valence-electron chi connectivity index (χ0n) is 17.2. The third-order valence-corrected chi connectivity index (χ3v) is 4.93. The summed E-state index contributed by atoms with van der Waals surface area (Å²) in [6.07, 6.45) is 4.94. The first kappa shape index (κ1) is 24.1. The highest BCUT2D eigenvalue weighted by molar-refractivity contribution is 5.81. The van der Waals surface area contributed by atoms with E-state index in [1.807, 2.05) is 6.92 Å². The molecule has 0 heterocycles. The molecule has 1 aliphatic rings. The first-order valence-electron chi connectivity index (χ1n) is 10.4. The smallest absolute Gasteiger partial charge is 0.222 e. The van der Waals surface area contributed by atoms with E-state index in [0.29, 0.717) is 44.9 Å². The van der Waals surface area contributed by atoms with E-state index < -0.39 is 0 Å². The molecule has 1 rings (SSSR count). The molecule has 0 saturated heterocycles. The lowest BCUT2D eigenvalue weighted by Crippen LogP contribution is -2.39. The van der Waals surface area contributed by atoms with Crippen LogP contribution in [0.4, 0.5) is 0 Å². The van der Waals surface area contributed by atoms with E-state index in [9.17, 15) is 19.2 Å². The summed E-state index contributed by atoms with van der Waals surface area (Å²) in [5, 5.41) is 8.35. The van der Waals surface area contributed by atoms with Crippen molar-refractivity contribution in [1.82, 2.24) is 16.0 Å². The molecule has 3 amide bonds. The molecule has 1 saturated carbocycles. The predicted molar refractivity (Wildman–Crippen MR) is 106 cm³/mol. The number of ketones is 1. The van der Waals surface area contributed by atoms with E-state index in [1.165, 1.54) is 0 Å². The zero-order chi connectivity index (χ0) is 20.8. The van der Waals surface area contributed by atoms with Crippen LogP contribution in [0.1, 0.15) is 65.2 Å². The van der Waals surface area contributed by atoms with Crippen LogP contribution in [0.15, 0.2) is 0 Å². The van der Waals surface area contributed by atoms with Gasteiger partial charge in [0, 0.05) is 50.7 Å². The van der Waals surface area contributed by atoms with Crippen LogP contribution in [0.3, 0.4) is 0 Å². The Bertz CT molecular complexity index is 516. The topological polar surface area (TPSA) is 114 Å². The molecule has 0 aliphatic heterocycles. The fraction of sp³-hybridized carbons (Fsp3) is 0.800. The van der Waals surface area contributed by atoms with Gasteiger partial charge in [-0.15, -0.1) is 0 Å². The molecule has 0 unspecified atom stereocenters. The van der Waals surface area contributed by atoms with Crippen molar-refractivity contribution < 1.29 is 23.9 Å². The predicted octanol–water partition coefficient (Wildman–Crippen LogP) is 1.08. The second-order valence-electron chi connectivity index (χ2n) is 7.10. The summed E-state index contributed by atoms with van der Waals surface area (Å²) < 4.78 is 5.38. The second kappa shape index (κ2) is 14.1. The fourth-order valence-electron chi connectivity index (χ4n) is 3.21. The third kappa shape index (κ3) is 10.4. The lowest BCUT2D eigenvalue weighted by Gasteiger charge is -2.28. The van der Waals surface area contributed by atoms with Gasteiger partial charge in [0.1, 0.15) is 5.78 Å². The minimum Gasteiger partial charge on any atom is -0.379 e. The van der Waals surface area contributed by atoms with Crippen LogP contribution in [-0.2, 0) is 23.9 Å². The molecular formula is C20H35N3O5. The SMILES string of the molecule is CCC(=O)NCCC(=O)NCCOCCC(=O)NC1CCC(C(=O)CC)CC1. The summed E-state index contributed by atoms with van der Waals surface area (Å²) in [5.74, 6) is 0.239. The molecular weight excluding hydrogens is 362 g/mol. The number of Topliss-reactive ketones (excluding diaryl/α,β-unsaturated/α-hetero) is 1. The van der Waals surface area contributed by atoms with Gasteiger partial charge in [0.05, 0.1) is 13.2 Å². The summed E-state index contributed by atoms with van der Waals surface area (Å²) >= 11 is 0. The van der Waals surface area contributed by atoms with E-state index in [1.54, 1.807) is 6.92 Å². The van der Waals surface area contributed by atoms with Crippen LogP contribution in [0.5, 0.6) is 0 Å². The maximum Gasteiger partial charge on any atom is 0.222 e. The van der Waals surface area contributed by atoms with E-state index in [2.05, 4.69) is 16.0 Å². The van der Waals surface area contributed by atoms with Gasteiger partial charge in [0.2, 0.25) is 17.7 Å². The van der Waals surface area contributed by atoms with E-state index >= 15 is 0 Å². The third-order valence-electron chi connectivity index (χ3n) is 4.93. The molecule has 0 bridgehead atoms. The Kier molecular flexibility index (Phi) is 12.1. The van der Waals surface area contributed by atoms with Gasteiger partial charge < -0.3 is 20.7 Å². The second-order valence-corrected chi connectivity index (χ2v) is 7.10. The first-order valence-corrected chi connectivity index (χ1v) is 10.4. The van der Waals surface area contributed by atoms with Crippen LogP contribution >= 0.6 is 0 Å². The maximum atomic E-state index is 12.0. The largest absolute Gasteiger partial charge is 0.379 e. The van der Waals surface area contributed by atoms with Gasteiger partial charge in [0.25, 0.3) is 0 Å². The summed E-state index contributed by atoms with van der Waals surface area (Å²) in [4.78, 5) is 46.3. The number of amides is 3. The fourth-order valence-corrected chi connectivity index (χ4v) is 3.21. The highest BCUT2D eigenvalue weighted by Crippen LogP contribution is 2.25. The molecule has 160 valence electrons. The van der Waals surface area contributed by atoms with Crippen molar-refractivity contribution in [3.8, 4) is 0 Å². The Morgan fingerprint density at radius 2 is 1.46 bits per heavy atom. The average Bonchev–Trinajstić information content (AvgIpc) is 2.70. The van der Waals surface area contributed by atoms with Crippen LogP contribution in [0.2, 0.25) is 0 Å². The Morgan fingerprint density at radius 1 is 0.786 bits per heavy atom. The number of rotatable bonds is 13. The van der Waals surface area contributed by atoms with Gasteiger partial charge in [-0.25, -0.2) is 0 Å². The molecule has 1 aliphatic carbocycles. The molecule has 0 aromatic heterocycles. The van der Waals surface area contributed by atoms with Gasteiger partial charge in [0.15, 0.2) is 0 Å². The van der Waals surface area contributed by atoms with Crippen LogP contribution < -0.4 is 16.0 Å². The van der Waals surface area contributed by atoms with Gasteiger partial charge in [-0.1, -0.05) is 13.8 Å². The quantitative estimate of drug-likeness (QED) is 0.403. The number of hydrogen-bond acceptors (Lipinski definition) is 5. The summed E-state index contributed by atoms with van der Waals surface area (Å²) in [5.41, 5.74) is 0. The van der Waals surface area contributed by atoms with Gasteiger partial charge >= 0.3 is 0 Å². The zero-order valence-corrected chi connectivity index (χ0v) is 17.2. The molecule has 8 heteroatoms. The minimum atomic E-state index is -0.144. The standard InChI is InChI=1S/C20H35N3O5/c1-3-17(24)15-5-7-16(8-6-15)23-20(27)10-13-28-14-12-22-19(26)9-11-21-18(25)4-2/h15-16H,3-14H2,1-2H3,(H,21,25)(H,22,26)(H,23,27). The number of hydrogen-bond donors (Lipinski definition) is 3. The Hall–Kier alpha value is -1.96. The Labute approximate surface area is 167 Å². The lowest BCUT2D eigenvalue weighted by molar-refractivity contribution is -0.125. The monoisotopic (exact) mass is 397 g/mol. The molecule has 8 nitrogen and oxygen atoms in total. The summed E-state index contributed by atoms with van der Waals surface area (Å²) in [6, 6.07) is 0.154. The molecule has 1 fully saturated rings. The van der Waals surface area contributed by atoms with Gasteiger partial charge in [-0.05, 0) is 25.7 Å². The number of carbonyl (C=O) groups is 4. The molecule has 0 aromatic rings. The van der Waals surface area contributed by atoms with Crippen molar-refractivity contribution in [1.29, 1.82) is 0 Å². The number of carbonyl (C=O) groups excluding carboxylic acids is 4. The van der Waals surface area contributed by atoms with Crippen molar-refractivity contribution in [2.75, 3.05) is 26.3 Å². The summed E-state index contributed by atoms with van der Waals surface area (Å²) in [7, 11) is 0. The van der Waals surface area contributed by atoms with E-state index in [-0.39, 0.29) is 42.5 Å². The molecule has 0 radical (unpaired) electrons. The van der Waals surface area contributed by atoms with E-state index in [4.69, 9.17) is 4.74 Å². The average molecular weight is 398 g/mol. The Balaban J connectivity index is 1.99. The summed E-state index contributed by atoms with van der Waals surface area (Å²) in [6.45, 7) is 5.00. The molecule has 0 spiro atoms. The van der Waals surface area contributed by atoms with Gasteiger partial charge in [-0.3, -0.25) is 19.2 Å². The van der Waals surface area contributed by atoms with Crippen LogP contribution in [0.25, 0.3) is 0 Å². The van der Waals surface area contributed by atoms with Crippen LogP contribution in [0, 0.1) is 5.92 Å². The van der Waals surface area contributed by atoms with Crippen LogP contribution in [-0.4, -0.2) is 55.8 Å². The van der Waals surface area contributed by atoms with E-state index in [0.717, 1.165) is 25.7 Å². The van der Waals surface area contributed by atoms with Crippen molar-refractivity contribution in [2.24, 2.45) is 5.92 Å². The number of ether oxygens (including phenoxy) is 1. The molecule has 0 aromatic carbocycles. The Morgan fingerprint density at radius 3 is 2.11 bits per heavy atom. The minimum absolute atomic E-state index is 0.0408. The van der Waals surface area contributed by atoms with Crippen molar-refractivity contribution in [3.63, 3.8) is 0 Å². The maximum absolute atomic E-state index is 12.0. The van der Waals surface area contributed by atoms with Gasteiger partial charge in [-0.2, -0.15) is 0 Å². The normalized spacial score (nSPS) is 18.9. The highest BCUT2D eigenvalue weighted by atomic mass is 16.5.